The molecule has 4 rings (SSSR count). The Hall–Kier alpha value is -3.35. The van der Waals surface area contributed by atoms with Gasteiger partial charge in [-0.3, -0.25) is 19.3 Å². The van der Waals surface area contributed by atoms with Gasteiger partial charge in [-0.1, -0.05) is 12.1 Å². The van der Waals surface area contributed by atoms with Crippen LogP contribution in [-0.2, 0) is 4.79 Å². The van der Waals surface area contributed by atoms with Crippen LogP contribution in [0.3, 0.4) is 0 Å². The van der Waals surface area contributed by atoms with E-state index < -0.39 is 17.9 Å². The van der Waals surface area contributed by atoms with E-state index in [2.05, 4.69) is 4.90 Å². The molecule has 0 radical (unpaired) electrons. The van der Waals surface area contributed by atoms with Crippen LogP contribution in [0.5, 0.6) is 5.75 Å². The van der Waals surface area contributed by atoms with E-state index in [1.165, 1.54) is 0 Å². The molecule has 28 heavy (non-hydrogen) atoms. The van der Waals surface area contributed by atoms with Crippen LogP contribution in [0.4, 0.5) is 5.69 Å². The van der Waals surface area contributed by atoms with Crippen LogP contribution in [-0.4, -0.2) is 64.8 Å². The first kappa shape index (κ1) is 18.0. The van der Waals surface area contributed by atoms with Gasteiger partial charge >= 0.3 is 0 Å². The molecule has 2 aliphatic heterocycles. The summed E-state index contributed by atoms with van der Waals surface area (Å²) in [5.41, 5.74) is 1.69. The zero-order valence-electron chi connectivity index (χ0n) is 15.5. The summed E-state index contributed by atoms with van der Waals surface area (Å²) in [7, 11) is 0. The summed E-state index contributed by atoms with van der Waals surface area (Å²) in [6.07, 6.45) is 0. The monoisotopic (exact) mass is 379 g/mol. The maximum absolute atomic E-state index is 12.9. The van der Waals surface area contributed by atoms with E-state index in [0.717, 1.165) is 10.6 Å². The molecule has 0 bridgehead atoms. The van der Waals surface area contributed by atoms with Gasteiger partial charge in [-0.2, -0.15) is 0 Å². The molecule has 2 aliphatic rings. The summed E-state index contributed by atoms with van der Waals surface area (Å²) in [6.45, 7) is 3.91. The molecule has 0 aromatic heterocycles. The van der Waals surface area contributed by atoms with E-state index in [1.807, 2.05) is 12.1 Å². The second-order valence-electron chi connectivity index (χ2n) is 7.03. The topological polar surface area (TPSA) is 81.2 Å². The van der Waals surface area contributed by atoms with E-state index in [-0.39, 0.29) is 11.7 Å². The Labute approximate surface area is 162 Å². The van der Waals surface area contributed by atoms with Crippen LogP contribution >= 0.6 is 0 Å². The van der Waals surface area contributed by atoms with Crippen molar-refractivity contribution in [2.45, 2.75) is 13.0 Å². The van der Waals surface area contributed by atoms with E-state index in [1.54, 1.807) is 48.2 Å². The normalized spacial score (nSPS) is 17.7. The summed E-state index contributed by atoms with van der Waals surface area (Å²) in [5.74, 6) is -0.833. The van der Waals surface area contributed by atoms with Gasteiger partial charge in [-0.25, -0.2) is 0 Å². The average molecular weight is 379 g/mol. The molecular formula is C21H21N3O4. The van der Waals surface area contributed by atoms with Crippen LogP contribution in [0, 0.1) is 0 Å². The second kappa shape index (κ2) is 6.99. The molecule has 2 aromatic rings. The molecule has 7 heteroatoms. The Kier molecular flexibility index (Phi) is 4.50. The van der Waals surface area contributed by atoms with Crippen LogP contribution < -0.4 is 4.90 Å². The highest BCUT2D eigenvalue weighted by Gasteiger charge is 2.42. The van der Waals surface area contributed by atoms with Gasteiger partial charge in [0.15, 0.2) is 0 Å². The van der Waals surface area contributed by atoms with Crippen molar-refractivity contribution in [2.24, 2.45) is 0 Å². The first-order valence-corrected chi connectivity index (χ1v) is 9.27. The van der Waals surface area contributed by atoms with E-state index in [4.69, 9.17) is 0 Å². The molecule has 0 saturated carbocycles. The first-order chi connectivity index (χ1) is 13.5. The zero-order valence-corrected chi connectivity index (χ0v) is 15.5. The van der Waals surface area contributed by atoms with Gasteiger partial charge in [0.1, 0.15) is 11.8 Å². The highest BCUT2D eigenvalue weighted by Crippen LogP contribution is 2.26. The largest absolute Gasteiger partial charge is 0.508 e. The number of hydrogen-bond acceptors (Lipinski definition) is 5. The Morgan fingerprint density at radius 1 is 0.893 bits per heavy atom. The van der Waals surface area contributed by atoms with Crippen molar-refractivity contribution in [3.63, 3.8) is 0 Å². The van der Waals surface area contributed by atoms with E-state index >= 15 is 0 Å². The Morgan fingerprint density at radius 3 is 1.96 bits per heavy atom. The minimum absolute atomic E-state index is 0.215. The molecule has 0 unspecified atom stereocenters. The number of rotatable bonds is 3. The predicted molar refractivity (Wildman–Crippen MR) is 103 cm³/mol. The lowest BCUT2D eigenvalue weighted by molar-refractivity contribution is -0.135. The number of anilines is 1. The fourth-order valence-corrected chi connectivity index (χ4v) is 3.78. The highest BCUT2D eigenvalue weighted by atomic mass is 16.3. The van der Waals surface area contributed by atoms with Gasteiger partial charge in [0.05, 0.1) is 11.1 Å². The van der Waals surface area contributed by atoms with Gasteiger partial charge in [0, 0.05) is 31.9 Å². The molecular weight excluding hydrogens is 358 g/mol. The van der Waals surface area contributed by atoms with E-state index in [9.17, 15) is 19.5 Å². The lowest BCUT2D eigenvalue weighted by Crippen LogP contribution is -2.55. The summed E-state index contributed by atoms with van der Waals surface area (Å²) in [6, 6.07) is 12.8. The van der Waals surface area contributed by atoms with Crippen molar-refractivity contribution < 1.29 is 19.5 Å². The molecule has 7 nitrogen and oxygen atoms in total. The van der Waals surface area contributed by atoms with Crippen molar-refractivity contribution in [3.8, 4) is 5.75 Å². The van der Waals surface area contributed by atoms with Gasteiger partial charge in [0.25, 0.3) is 11.8 Å². The number of benzene rings is 2. The number of phenols is 1. The molecule has 1 N–H and O–H groups in total. The van der Waals surface area contributed by atoms with Crippen molar-refractivity contribution in [3.05, 3.63) is 59.7 Å². The SMILES string of the molecule is C[C@H](C(=O)N1CCN(c2ccc(O)cc2)CC1)N1C(=O)c2ccccc2C1=O. The maximum atomic E-state index is 12.9. The first-order valence-electron chi connectivity index (χ1n) is 9.27. The second-order valence-corrected chi connectivity index (χ2v) is 7.03. The molecule has 144 valence electrons. The number of fused-ring (bicyclic) bond motifs is 1. The smallest absolute Gasteiger partial charge is 0.262 e. The van der Waals surface area contributed by atoms with E-state index in [0.29, 0.717) is 37.3 Å². The fraction of sp³-hybridized carbons (Fsp3) is 0.286. The number of piperazine rings is 1. The lowest BCUT2D eigenvalue weighted by atomic mass is 10.1. The Morgan fingerprint density at radius 2 is 1.43 bits per heavy atom. The summed E-state index contributed by atoms with van der Waals surface area (Å²) in [5, 5.41) is 9.41. The summed E-state index contributed by atoms with van der Waals surface area (Å²) in [4.78, 5) is 43.1. The Balaban J connectivity index is 1.42. The Bertz CT molecular complexity index is 898. The minimum Gasteiger partial charge on any atom is -0.508 e. The number of imide groups is 1. The molecule has 1 saturated heterocycles. The minimum atomic E-state index is -0.840. The third-order valence-corrected chi connectivity index (χ3v) is 5.38. The molecule has 0 spiro atoms. The molecule has 2 heterocycles. The number of nitrogens with zero attached hydrogens (tertiary/aromatic N) is 3. The molecule has 1 atom stereocenters. The standard InChI is InChI=1S/C21H21N3O4/c1-14(24-20(27)17-4-2-3-5-18(17)21(24)28)19(26)23-12-10-22(11-13-23)15-6-8-16(25)9-7-15/h2-9,14,25H,10-13H2,1H3/t14-/m1/s1. The summed E-state index contributed by atoms with van der Waals surface area (Å²) >= 11 is 0. The van der Waals surface area contributed by atoms with Crippen molar-refractivity contribution in [2.75, 3.05) is 31.1 Å². The zero-order chi connectivity index (χ0) is 19.8. The maximum Gasteiger partial charge on any atom is 0.262 e. The van der Waals surface area contributed by atoms with Crippen molar-refractivity contribution >= 4 is 23.4 Å². The summed E-state index contributed by atoms with van der Waals surface area (Å²) < 4.78 is 0. The third kappa shape index (κ3) is 2.98. The van der Waals surface area contributed by atoms with Crippen molar-refractivity contribution in [1.82, 2.24) is 9.80 Å². The molecule has 2 aromatic carbocycles. The average Bonchev–Trinajstić information content (AvgIpc) is 2.98. The van der Waals surface area contributed by atoms with Gasteiger partial charge in [-0.15, -0.1) is 0 Å². The number of phenolic OH excluding ortho intramolecular Hbond substituents is 1. The number of aromatic hydroxyl groups is 1. The lowest BCUT2D eigenvalue weighted by Gasteiger charge is -2.38. The van der Waals surface area contributed by atoms with Gasteiger partial charge < -0.3 is 14.9 Å². The van der Waals surface area contributed by atoms with Gasteiger partial charge in [0.2, 0.25) is 5.91 Å². The van der Waals surface area contributed by atoms with Crippen LogP contribution in [0.25, 0.3) is 0 Å². The number of amides is 3. The molecule has 3 amide bonds. The van der Waals surface area contributed by atoms with Gasteiger partial charge in [-0.05, 0) is 43.3 Å². The predicted octanol–water partition coefficient (Wildman–Crippen LogP) is 1.73. The quantitative estimate of drug-likeness (QED) is 0.822. The van der Waals surface area contributed by atoms with Crippen LogP contribution in [0.1, 0.15) is 27.6 Å². The number of hydrogen-bond donors (Lipinski definition) is 1. The van der Waals surface area contributed by atoms with Crippen LogP contribution in [0.2, 0.25) is 0 Å². The fourth-order valence-electron chi connectivity index (χ4n) is 3.78. The number of carbonyl (C=O) groups is 3. The van der Waals surface area contributed by atoms with Crippen molar-refractivity contribution in [1.29, 1.82) is 0 Å². The van der Waals surface area contributed by atoms with Crippen LogP contribution in [0.15, 0.2) is 48.5 Å². The third-order valence-electron chi connectivity index (χ3n) is 5.38. The number of carbonyl (C=O) groups excluding carboxylic acids is 3. The highest BCUT2D eigenvalue weighted by molar-refractivity contribution is 6.22. The molecule has 0 aliphatic carbocycles. The molecule has 1 fully saturated rings.